The SMILES string of the molecule is O=C(c1c[nH]c(=O)[nH]1)N1CC(Oc2ccc3ccccc3n2)C1. The molecule has 0 saturated carbocycles. The third-order valence-electron chi connectivity index (χ3n) is 3.82. The van der Waals surface area contributed by atoms with Gasteiger partial charge < -0.3 is 19.6 Å². The van der Waals surface area contributed by atoms with Crippen LogP contribution < -0.4 is 10.4 Å². The predicted octanol–water partition coefficient (Wildman–Crippen LogP) is 1.15. The monoisotopic (exact) mass is 310 g/mol. The molecule has 0 atom stereocenters. The number of nitrogens with one attached hydrogen (secondary N) is 2. The molecule has 1 aliphatic rings. The molecule has 7 heteroatoms. The molecule has 3 heterocycles. The Bertz CT molecular complexity index is 924. The van der Waals surface area contributed by atoms with E-state index in [2.05, 4.69) is 15.0 Å². The van der Waals surface area contributed by atoms with Crippen LogP contribution in [0.2, 0.25) is 0 Å². The highest BCUT2D eigenvalue weighted by Crippen LogP contribution is 2.20. The molecule has 23 heavy (non-hydrogen) atoms. The Morgan fingerprint density at radius 1 is 1.22 bits per heavy atom. The molecular formula is C16H14N4O3. The number of aromatic amines is 2. The summed E-state index contributed by atoms with van der Waals surface area (Å²) in [5, 5.41) is 1.06. The van der Waals surface area contributed by atoms with Crippen LogP contribution in [0.5, 0.6) is 5.88 Å². The number of hydrogen-bond donors (Lipinski definition) is 2. The topological polar surface area (TPSA) is 91.1 Å². The normalized spacial score (nSPS) is 14.7. The second-order valence-electron chi connectivity index (χ2n) is 5.45. The van der Waals surface area contributed by atoms with Gasteiger partial charge in [0.15, 0.2) is 0 Å². The van der Waals surface area contributed by atoms with Gasteiger partial charge in [0.1, 0.15) is 11.8 Å². The highest BCUT2D eigenvalue weighted by molar-refractivity contribution is 5.92. The van der Waals surface area contributed by atoms with Crippen molar-refractivity contribution in [2.45, 2.75) is 6.10 Å². The summed E-state index contributed by atoms with van der Waals surface area (Å²) in [6.45, 7) is 0.946. The van der Waals surface area contributed by atoms with Gasteiger partial charge in [-0.2, -0.15) is 0 Å². The van der Waals surface area contributed by atoms with Crippen LogP contribution in [0.4, 0.5) is 0 Å². The van der Waals surface area contributed by atoms with Crippen molar-refractivity contribution in [3.8, 4) is 5.88 Å². The molecule has 1 saturated heterocycles. The number of aromatic nitrogens is 3. The lowest BCUT2D eigenvalue weighted by Crippen LogP contribution is -2.56. The van der Waals surface area contributed by atoms with Crippen molar-refractivity contribution < 1.29 is 9.53 Å². The average Bonchev–Trinajstić information content (AvgIpc) is 2.96. The lowest BCUT2D eigenvalue weighted by atomic mass is 10.1. The number of amides is 1. The average molecular weight is 310 g/mol. The number of fused-ring (bicyclic) bond motifs is 1. The third-order valence-corrected chi connectivity index (χ3v) is 3.82. The van der Waals surface area contributed by atoms with Crippen molar-refractivity contribution >= 4 is 16.8 Å². The largest absolute Gasteiger partial charge is 0.471 e. The molecule has 3 aromatic rings. The molecule has 1 amide bonds. The molecule has 0 aliphatic carbocycles. The first-order valence-electron chi connectivity index (χ1n) is 7.28. The van der Waals surface area contributed by atoms with Gasteiger partial charge in [0.25, 0.3) is 5.91 Å². The zero-order valence-corrected chi connectivity index (χ0v) is 12.2. The Balaban J connectivity index is 1.40. The first-order valence-corrected chi connectivity index (χ1v) is 7.28. The number of nitrogens with zero attached hydrogens (tertiary/aromatic N) is 2. The van der Waals surface area contributed by atoms with E-state index in [0.29, 0.717) is 19.0 Å². The van der Waals surface area contributed by atoms with Crippen LogP contribution in [0.25, 0.3) is 10.9 Å². The van der Waals surface area contributed by atoms with Crippen molar-refractivity contribution in [3.63, 3.8) is 0 Å². The summed E-state index contributed by atoms with van der Waals surface area (Å²) in [4.78, 5) is 34.0. The number of ether oxygens (including phenoxy) is 1. The van der Waals surface area contributed by atoms with Gasteiger partial charge in [0.2, 0.25) is 5.88 Å². The van der Waals surface area contributed by atoms with Crippen molar-refractivity contribution in [2.75, 3.05) is 13.1 Å². The summed E-state index contributed by atoms with van der Waals surface area (Å²) in [5.74, 6) is 0.338. The summed E-state index contributed by atoms with van der Waals surface area (Å²) in [6.07, 6.45) is 1.29. The molecule has 116 valence electrons. The van der Waals surface area contributed by atoms with E-state index in [4.69, 9.17) is 4.74 Å². The maximum Gasteiger partial charge on any atom is 0.323 e. The minimum atomic E-state index is -0.387. The van der Waals surface area contributed by atoms with Crippen molar-refractivity contribution in [2.24, 2.45) is 0 Å². The molecule has 2 N–H and O–H groups in total. The number of H-pyrrole nitrogens is 2. The summed E-state index contributed by atoms with van der Waals surface area (Å²) >= 11 is 0. The molecule has 2 aromatic heterocycles. The Labute approximate surface area is 130 Å². The molecular weight excluding hydrogens is 296 g/mol. The first-order chi connectivity index (χ1) is 11.2. The minimum Gasteiger partial charge on any atom is -0.471 e. The molecule has 0 unspecified atom stereocenters. The Morgan fingerprint density at radius 2 is 2.04 bits per heavy atom. The Morgan fingerprint density at radius 3 is 2.83 bits per heavy atom. The Hall–Kier alpha value is -3.09. The number of benzene rings is 1. The zero-order valence-electron chi connectivity index (χ0n) is 12.2. The second kappa shape index (κ2) is 5.28. The highest BCUT2D eigenvalue weighted by atomic mass is 16.5. The summed E-state index contributed by atoms with van der Waals surface area (Å²) in [7, 11) is 0. The van der Waals surface area contributed by atoms with Crippen molar-refractivity contribution in [1.29, 1.82) is 0 Å². The van der Waals surface area contributed by atoms with E-state index < -0.39 is 0 Å². The number of likely N-dealkylation sites (tertiary alicyclic amines) is 1. The van der Waals surface area contributed by atoms with E-state index in [1.807, 2.05) is 36.4 Å². The van der Waals surface area contributed by atoms with E-state index in [1.54, 1.807) is 4.90 Å². The van der Waals surface area contributed by atoms with Crippen LogP contribution in [0.3, 0.4) is 0 Å². The van der Waals surface area contributed by atoms with Crippen LogP contribution >= 0.6 is 0 Å². The van der Waals surface area contributed by atoms with Gasteiger partial charge in [0, 0.05) is 17.6 Å². The van der Waals surface area contributed by atoms with Crippen molar-refractivity contribution in [1.82, 2.24) is 19.9 Å². The number of pyridine rings is 1. The summed E-state index contributed by atoms with van der Waals surface area (Å²) in [6, 6.07) is 11.6. The summed E-state index contributed by atoms with van der Waals surface area (Å²) < 4.78 is 5.80. The molecule has 0 bridgehead atoms. The fourth-order valence-electron chi connectivity index (χ4n) is 2.58. The molecule has 1 fully saturated rings. The van der Waals surface area contributed by atoms with Crippen LogP contribution in [-0.2, 0) is 0 Å². The second-order valence-corrected chi connectivity index (χ2v) is 5.45. The predicted molar refractivity (Wildman–Crippen MR) is 83.5 cm³/mol. The number of carbonyl (C=O) groups excluding carboxylic acids is 1. The molecule has 4 rings (SSSR count). The van der Waals surface area contributed by atoms with Crippen LogP contribution in [0.15, 0.2) is 47.4 Å². The number of para-hydroxylation sites is 1. The van der Waals surface area contributed by atoms with Gasteiger partial charge in [-0.1, -0.05) is 18.2 Å². The number of imidazole rings is 1. The Kier molecular flexibility index (Phi) is 3.11. The number of rotatable bonds is 3. The molecule has 0 spiro atoms. The lowest BCUT2D eigenvalue weighted by Gasteiger charge is -2.38. The third kappa shape index (κ3) is 2.57. The van der Waals surface area contributed by atoms with E-state index in [1.165, 1.54) is 6.20 Å². The molecule has 1 aromatic carbocycles. The molecule has 7 nitrogen and oxygen atoms in total. The number of hydrogen-bond acceptors (Lipinski definition) is 4. The van der Waals surface area contributed by atoms with Crippen LogP contribution in [-0.4, -0.2) is 45.0 Å². The fraction of sp³-hybridized carbons (Fsp3) is 0.188. The quantitative estimate of drug-likeness (QED) is 0.759. The van der Waals surface area contributed by atoms with E-state index in [9.17, 15) is 9.59 Å². The van der Waals surface area contributed by atoms with Crippen molar-refractivity contribution in [3.05, 3.63) is 58.8 Å². The fourth-order valence-corrected chi connectivity index (χ4v) is 2.58. The van der Waals surface area contributed by atoms with Crippen LogP contribution in [0, 0.1) is 0 Å². The van der Waals surface area contributed by atoms with Gasteiger partial charge in [-0.15, -0.1) is 0 Å². The number of carbonyl (C=O) groups is 1. The van der Waals surface area contributed by atoms with E-state index in [-0.39, 0.29) is 23.4 Å². The smallest absolute Gasteiger partial charge is 0.323 e. The standard InChI is InChI=1S/C16H14N4O3/c21-15(13-7-17-16(22)19-13)20-8-11(9-20)23-14-6-5-10-3-1-2-4-12(10)18-14/h1-7,11H,8-9H2,(H2,17,19,22). The minimum absolute atomic E-state index is 0.0849. The lowest BCUT2D eigenvalue weighted by molar-refractivity contribution is 0.0157. The molecule has 0 radical (unpaired) electrons. The van der Waals surface area contributed by atoms with Gasteiger partial charge in [-0.3, -0.25) is 4.79 Å². The maximum atomic E-state index is 12.1. The molecule has 1 aliphatic heterocycles. The maximum absolute atomic E-state index is 12.1. The summed E-state index contributed by atoms with van der Waals surface area (Å²) in [5.41, 5.74) is 0.751. The first kappa shape index (κ1) is 13.6. The van der Waals surface area contributed by atoms with E-state index >= 15 is 0 Å². The highest BCUT2D eigenvalue weighted by Gasteiger charge is 2.33. The van der Waals surface area contributed by atoms with Gasteiger partial charge in [-0.25, -0.2) is 9.78 Å². The van der Waals surface area contributed by atoms with Gasteiger partial charge in [-0.05, 0) is 12.1 Å². The van der Waals surface area contributed by atoms with Gasteiger partial charge >= 0.3 is 5.69 Å². The van der Waals surface area contributed by atoms with E-state index in [0.717, 1.165) is 10.9 Å². The zero-order chi connectivity index (χ0) is 15.8. The van der Waals surface area contributed by atoms with Gasteiger partial charge in [0.05, 0.1) is 18.6 Å². The van der Waals surface area contributed by atoms with Crippen LogP contribution in [0.1, 0.15) is 10.5 Å².